The van der Waals surface area contributed by atoms with Crippen molar-refractivity contribution >= 4 is 40.1 Å². The van der Waals surface area contributed by atoms with Crippen molar-refractivity contribution in [1.82, 2.24) is 9.97 Å². The Morgan fingerprint density at radius 2 is 1.89 bits per heavy atom. The number of nitrogens with one attached hydrogen (secondary N) is 2. The number of ether oxygens (including phenoxy) is 1. The Kier molecular flexibility index (Phi) is 7.83. The normalized spacial score (nSPS) is 11.1. The number of aromatic amines is 1. The lowest BCUT2D eigenvalue weighted by atomic mass is 10.0. The molecule has 2 aromatic carbocycles. The van der Waals surface area contributed by atoms with Gasteiger partial charge in [-0.3, -0.25) is 9.78 Å². The lowest BCUT2D eigenvalue weighted by Gasteiger charge is -2.09. The number of carbonyl (C=O) groups excluding carboxylic acids is 2. The zero-order valence-corrected chi connectivity index (χ0v) is 20.6. The van der Waals surface area contributed by atoms with E-state index in [4.69, 9.17) is 16.3 Å². The van der Waals surface area contributed by atoms with E-state index in [0.29, 0.717) is 42.1 Å². The monoisotopic (exact) mass is 489 g/mol. The molecule has 0 radical (unpaired) electrons. The predicted octanol–water partition coefficient (Wildman–Crippen LogP) is 6.66. The molecule has 0 unspecified atom stereocenters. The fourth-order valence-corrected chi connectivity index (χ4v) is 4.05. The Labute approximate surface area is 209 Å². The molecule has 4 rings (SSSR count). The Hall–Kier alpha value is -3.64. The Morgan fingerprint density at radius 1 is 1.09 bits per heavy atom. The lowest BCUT2D eigenvalue weighted by molar-refractivity contribution is -0.116. The maximum Gasteiger partial charge on any atom is 0.338 e. The number of anilines is 1. The second kappa shape index (κ2) is 11.2. The molecule has 2 N–H and O–H groups in total. The summed E-state index contributed by atoms with van der Waals surface area (Å²) in [6.45, 7) is 4.35. The number of esters is 1. The minimum atomic E-state index is -0.362. The molecule has 2 heterocycles. The number of halogens is 1. The third-order valence-electron chi connectivity index (χ3n) is 5.57. The maximum atomic E-state index is 12.6. The molecule has 0 aliphatic heterocycles. The summed E-state index contributed by atoms with van der Waals surface area (Å²) in [5.74, 6) is -0.171. The lowest BCUT2D eigenvalue weighted by Crippen LogP contribution is -2.12. The highest BCUT2D eigenvalue weighted by atomic mass is 35.5. The van der Waals surface area contributed by atoms with Crippen LogP contribution in [0.3, 0.4) is 0 Å². The van der Waals surface area contributed by atoms with Crippen molar-refractivity contribution in [3.63, 3.8) is 0 Å². The van der Waals surface area contributed by atoms with Crippen molar-refractivity contribution in [2.75, 3.05) is 11.9 Å². The number of rotatable bonds is 9. The van der Waals surface area contributed by atoms with E-state index in [1.807, 2.05) is 50.2 Å². The first-order valence-electron chi connectivity index (χ1n) is 11.7. The number of aryl methyl sites for hydroxylation is 1. The van der Waals surface area contributed by atoms with Crippen molar-refractivity contribution in [3.05, 3.63) is 83.0 Å². The second-order valence-corrected chi connectivity index (χ2v) is 9.29. The van der Waals surface area contributed by atoms with Crippen molar-refractivity contribution in [2.45, 2.75) is 33.1 Å². The van der Waals surface area contributed by atoms with Crippen LogP contribution in [0.5, 0.6) is 0 Å². The average Bonchev–Trinajstić information content (AvgIpc) is 3.21. The Morgan fingerprint density at radius 3 is 2.60 bits per heavy atom. The molecular weight excluding hydrogens is 462 g/mol. The molecule has 0 bridgehead atoms. The highest BCUT2D eigenvalue weighted by molar-refractivity contribution is 6.31. The van der Waals surface area contributed by atoms with Crippen LogP contribution in [0.25, 0.3) is 22.3 Å². The van der Waals surface area contributed by atoms with Crippen LogP contribution in [0, 0.1) is 5.92 Å². The molecule has 4 aromatic rings. The maximum absolute atomic E-state index is 12.6. The largest absolute Gasteiger partial charge is 0.462 e. The summed E-state index contributed by atoms with van der Waals surface area (Å²) in [5, 5.41) is 4.61. The number of nitrogens with zero attached hydrogens (tertiary/aromatic N) is 1. The van der Waals surface area contributed by atoms with Gasteiger partial charge in [-0.25, -0.2) is 4.79 Å². The highest BCUT2D eigenvalue weighted by Gasteiger charge is 2.15. The number of fused-ring (bicyclic) bond motifs is 1. The number of benzene rings is 2. The minimum Gasteiger partial charge on any atom is -0.462 e. The molecule has 35 heavy (non-hydrogen) atoms. The van der Waals surface area contributed by atoms with E-state index in [1.165, 1.54) is 0 Å². The number of hydrogen-bond donors (Lipinski definition) is 2. The molecule has 0 fully saturated rings. The van der Waals surface area contributed by atoms with Crippen molar-refractivity contribution < 1.29 is 14.3 Å². The van der Waals surface area contributed by atoms with Gasteiger partial charge < -0.3 is 15.0 Å². The van der Waals surface area contributed by atoms with Crippen LogP contribution in [0.1, 0.15) is 42.6 Å². The first-order chi connectivity index (χ1) is 16.9. The smallest absolute Gasteiger partial charge is 0.338 e. The van der Waals surface area contributed by atoms with Crippen LogP contribution >= 0.6 is 11.6 Å². The SMILES string of the molecule is CC(C)COC(=O)c1ccc(NC(=O)CCCc2c(-c3ccccn3)[nH]c3ccc(Cl)cc23)cc1. The molecule has 0 saturated carbocycles. The molecule has 2 aromatic heterocycles. The molecule has 7 heteroatoms. The van der Waals surface area contributed by atoms with Crippen molar-refractivity contribution in [1.29, 1.82) is 0 Å². The number of H-pyrrole nitrogens is 1. The van der Waals surface area contributed by atoms with E-state index >= 15 is 0 Å². The summed E-state index contributed by atoms with van der Waals surface area (Å²) in [5.41, 5.74) is 4.99. The molecule has 0 saturated heterocycles. The van der Waals surface area contributed by atoms with Gasteiger partial charge in [0.2, 0.25) is 5.91 Å². The summed E-state index contributed by atoms with van der Waals surface area (Å²) in [6, 6.07) is 18.3. The van der Waals surface area contributed by atoms with Crippen LogP contribution < -0.4 is 5.32 Å². The van der Waals surface area contributed by atoms with Crippen molar-refractivity contribution in [3.8, 4) is 11.4 Å². The molecule has 6 nitrogen and oxygen atoms in total. The number of carbonyl (C=O) groups is 2. The van der Waals surface area contributed by atoms with E-state index in [9.17, 15) is 9.59 Å². The fourth-order valence-electron chi connectivity index (χ4n) is 3.87. The molecular formula is C28H28ClN3O3. The van der Waals surface area contributed by atoms with E-state index in [2.05, 4.69) is 15.3 Å². The van der Waals surface area contributed by atoms with Crippen molar-refractivity contribution in [2.24, 2.45) is 5.92 Å². The second-order valence-electron chi connectivity index (χ2n) is 8.85. The summed E-state index contributed by atoms with van der Waals surface area (Å²) in [7, 11) is 0. The first-order valence-corrected chi connectivity index (χ1v) is 12.1. The average molecular weight is 490 g/mol. The highest BCUT2D eigenvalue weighted by Crippen LogP contribution is 2.32. The van der Waals surface area contributed by atoms with Gasteiger partial charge in [0.1, 0.15) is 0 Å². The van der Waals surface area contributed by atoms with Crippen LogP contribution in [0.2, 0.25) is 5.02 Å². The van der Waals surface area contributed by atoms with E-state index in [0.717, 1.165) is 27.9 Å². The third kappa shape index (κ3) is 6.28. The molecule has 0 aliphatic carbocycles. The predicted molar refractivity (Wildman–Crippen MR) is 140 cm³/mol. The van der Waals surface area contributed by atoms with Crippen LogP contribution in [-0.2, 0) is 16.0 Å². The van der Waals surface area contributed by atoms with E-state index in [1.54, 1.807) is 30.5 Å². The zero-order chi connectivity index (χ0) is 24.8. The molecule has 0 aliphatic rings. The van der Waals surface area contributed by atoms with Gasteiger partial charge in [0.15, 0.2) is 0 Å². The van der Waals surface area contributed by atoms with Gasteiger partial charge in [-0.2, -0.15) is 0 Å². The van der Waals surface area contributed by atoms with Gasteiger partial charge in [-0.15, -0.1) is 0 Å². The zero-order valence-electron chi connectivity index (χ0n) is 19.8. The van der Waals surface area contributed by atoms with E-state index < -0.39 is 0 Å². The summed E-state index contributed by atoms with van der Waals surface area (Å²) in [6.07, 6.45) is 3.47. The summed E-state index contributed by atoms with van der Waals surface area (Å²) < 4.78 is 5.24. The molecule has 1 amide bonds. The van der Waals surface area contributed by atoms with E-state index in [-0.39, 0.29) is 17.8 Å². The Bertz CT molecular complexity index is 1310. The fraction of sp³-hybridized carbons (Fsp3) is 0.250. The molecule has 0 spiro atoms. The summed E-state index contributed by atoms with van der Waals surface area (Å²) >= 11 is 6.26. The first kappa shape index (κ1) is 24.5. The third-order valence-corrected chi connectivity index (χ3v) is 5.81. The Balaban J connectivity index is 1.39. The van der Waals surface area contributed by atoms with Gasteiger partial charge in [0.05, 0.1) is 23.6 Å². The number of hydrogen-bond acceptors (Lipinski definition) is 4. The van der Waals surface area contributed by atoms with Crippen LogP contribution in [-0.4, -0.2) is 28.5 Å². The number of aromatic nitrogens is 2. The molecule has 180 valence electrons. The van der Waals surface area contributed by atoms with Crippen LogP contribution in [0.15, 0.2) is 66.9 Å². The topological polar surface area (TPSA) is 84.1 Å². The van der Waals surface area contributed by atoms with Gasteiger partial charge in [0.25, 0.3) is 0 Å². The van der Waals surface area contributed by atoms with Gasteiger partial charge >= 0.3 is 5.97 Å². The number of amides is 1. The van der Waals surface area contributed by atoms with Crippen LogP contribution in [0.4, 0.5) is 5.69 Å². The quantitative estimate of drug-likeness (QED) is 0.257. The standard InChI is InChI=1S/C28H28ClN3O3/c1-18(2)17-35-28(34)19-9-12-21(13-10-19)31-26(33)8-5-6-22-23-16-20(29)11-14-24(23)32-27(22)25-7-3-4-15-30-25/h3-4,7,9-16,18,32H,5-6,8,17H2,1-2H3,(H,31,33). The van der Waals surface area contributed by atoms with Gasteiger partial charge in [-0.1, -0.05) is 31.5 Å². The van der Waals surface area contributed by atoms with Gasteiger partial charge in [0, 0.05) is 34.2 Å². The number of pyridine rings is 1. The minimum absolute atomic E-state index is 0.0857. The van der Waals surface area contributed by atoms with Gasteiger partial charge in [-0.05, 0) is 78.9 Å². The molecule has 0 atom stereocenters. The summed E-state index contributed by atoms with van der Waals surface area (Å²) in [4.78, 5) is 32.6.